The fourth-order valence-electron chi connectivity index (χ4n) is 3.02. The first kappa shape index (κ1) is 14.0. The van der Waals surface area contributed by atoms with Crippen molar-refractivity contribution in [1.82, 2.24) is 0 Å². The number of carboxylic acids is 1. The zero-order valence-corrected chi connectivity index (χ0v) is 11.1. The van der Waals surface area contributed by atoms with Crippen LogP contribution in [0, 0.1) is 23.0 Å². The van der Waals surface area contributed by atoms with E-state index in [1.165, 1.54) is 12.1 Å². The van der Waals surface area contributed by atoms with Gasteiger partial charge in [0, 0.05) is 6.07 Å². The van der Waals surface area contributed by atoms with Gasteiger partial charge in [0.15, 0.2) is 0 Å². The van der Waals surface area contributed by atoms with Gasteiger partial charge in [-0.25, -0.2) is 8.78 Å². The van der Waals surface area contributed by atoms with E-state index in [0.717, 1.165) is 12.5 Å². The lowest BCUT2D eigenvalue weighted by atomic mass is 9.65. The number of carboxylic acid groups (broad SMARTS) is 1. The van der Waals surface area contributed by atoms with Crippen molar-refractivity contribution in [3.63, 3.8) is 0 Å². The van der Waals surface area contributed by atoms with Crippen LogP contribution in [0.3, 0.4) is 0 Å². The van der Waals surface area contributed by atoms with Crippen LogP contribution < -0.4 is 0 Å². The summed E-state index contributed by atoms with van der Waals surface area (Å²) < 4.78 is 26.6. The van der Waals surface area contributed by atoms with Crippen molar-refractivity contribution in [2.24, 2.45) is 11.3 Å². The molecule has 2 nitrogen and oxygen atoms in total. The maximum atomic E-state index is 13.3. The highest BCUT2D eigenvalue weighted by Crippen LogP contribution is 2.46. The topological polar surface area (TPSA) is 37.3 Å². The minimum Gasteiger partial charge on any atom is -0.481 e. The third-order valence-electron chi connectivity index (χ3n) is 4.02. The second-order valence-electron chi connectivity index (χ2n) is 6.16. The maximum absolute atomic E-state index is 13.3. The largest absolute Gasteiger partial charge is 0.481 e. The van der Waals surface area contributed by atoms with Crippen molar-refractivity contribution in [2.75, 3.05) is 0 Å². The van der Waals surface area contributed by atoms with Gasteiger partial charge in [-0.2, -0.15) is 0 Å². The Hall–Kier alpha value is -1.45. The van der Waals surface area contributed by atoms with Gasteiger partial charge in [-0.05, 0) is 48.3 Å². The van der Waals surface area contributed by atoms with Crippen molar-refractivity contribution >= 4 is 5.97 Å². The smallest absolute Gasteiger partial charge is 0.307 e. The molecule has 1 saturated carbocycles. The van der Waals surface area contributed by atoms with Gasteiger partial charge in [0.05, 0.1) is 5.92 Å². The summed E-state index contributed by atoms with van der Waals surface area (Å²) in [7, 11) is 0. The van der Waals surface area contributed by atoms with Crippen molar-refractivity contribution in [2.45, 2.75) is 39.0 Å². The molecule has 1 aromatic carbocycles. The average Bonchev–Trinajstić information content (AvgIpc) is 2.25. The number of carbonyl (C=O) groups is 1. The molecule has 2 unspecified atom stereocenters. The number of rotatable bonds is 2. The van der Waals surface area contributed by atoms with Crippen LogP contribution in [-0.4, -0.2) is 11.1 Å². The van der Waals surface area contributed by atoms with Gasteiger partial charge in [0.1, 0.15) is 11.6 Å². The molecule has 0 heterocycles. The van der Waals surface area contributed by atoms with E-state index in [4.69, 9.17) is 0 Å². The highest BCUT2D eigenvalue weighted by atomic mass is 19.1. The Kier molecular flexibility index (Phi) is 3.61. The molecule has 1 aliphatic carbocycles. The molecule has 0 saturated heterocycles. The lowest BCUT2D eigenvalue weighted by Gasteiger charge is -2.39. The number of hydrogen-bond donors (Lipinski definition) is 1. The van der Waals surface area contributed by atoms with Crippen LogP contribution in [-0.2, 0) is 4.79 Å². The summed E-state index contributed by atoms with van der Waals surface area (Å²) in [4.78, 5) is 11.3. The first-order valence-corrected chi connectivity index (χ1v) is 6.47. The van der Waals surface area contributed by atoms with Crippen molar-refractivity contribution in [3.05, 3.63) is 35.4 Å². The summed E-state index contributed by atoms with van der Waals surface area (Å²) in [5.74, 6) is -3.07. The average molecular weight is 268 g/mol. The van der Waals surface area contributed by atoms with E-state index >= 15 is 0 Å². The molecule has 0 spiro atoms. The minimum atomic E-state index is -0.884. The molecular weight excluding hydrogens is 250 g/mol. The number of benzene rings is 1. The SMILES string of the molecule is CC1(C)CCC(C(=O)O)C(c2cc(F)cc(F)c2)C1. The van der Waals surface area contributed by atoms with Crippen LogP contribution in [0.1, 0.15) is 44.6 Å². The standard InChI is InChI=1S/C15H18F2O2/c1-15(2)4-3-12(14(18)19)13(8-15)9-5-10(16)7-11(17)6-9/h5-7,12-13H,3-4,8H2,1-2H3,(H,18,19). The van der Waals surface area contributed by atoms with Gasteiger partial charge in [-0.15, -0.1) is 0 Å². The van der Waals surface area contributed by atoms with Crippen LogP contribution in [0.5, 0.6) is 0 Å². The fourth-order valence-corrected chi connectivity index (χ4v) is 3.02. The van der Waals surface area contributed by atoms with E-state index < -0.39 is 23.5 Å². The van der Waals surface area contributed by atoms with Crippen LogP contribution in [0.25, 0.3) is 0 Å². The number of aliphatic carboxylic acids is 1. The molecule has 1 aromatic rings. The third kappa shape index (κ3) is 3.11. The van der Waals surface area contributed by atoms with Gasteiger partial charge >= 0.3 is 5.97 Å². The molecule has 2 rings (SSSR count). The Balaban J connectivity index is 2.38. The van der Waals surface area contributed by atoms with Crippen molar-refractivity contribution in [3.8, 4) is 0 Å². The molecule has 0 bridgehead atoms. The maximum Gasteiger partial charge on any atom is 0.307 e. The predicted octanol–water partition coefficient (Wildman–Crippen LogP) is 3.96. The molecule has 1 N–H and O–H groups in total. The summed E-state index contributed by atoms with van der Waals surface area (Å²) in [5, 5.41) is 9.29. The van der Waals surface area contributed by atoms with Crippen LogP contribution >= 0.6 is 0 Å². The van der Waals surface area contributed by atoms with Crippen molar-refractivity contribution < 1.29 is 18.7 Å². The Morgan fingerprint density at radius 2 is 1.84 bits per heavy atom. The first-order chi connectivity index (χ1) is 8.78. The monoisotopic (exact) mass is 268 g/mol. The number of hydrogen-bond acceptors (Lipinski definition) is 1. The van der Waals surface area contributed by atoms with Gasteiger partial charge in [0.2, 0.25) is 0 Å². The van der Waals surface area contributed by atoms with Gasteiger partial charge in [-0.3, -0.25) is 4.79 Å². The van der Waals surface area contributed by atoms with Crippen molar-refractivity contribution in [1.29, 1.82) is 0 Å². The Morgan fingerprint density at radius 1 is 1.26 bits per heavy atom. The molecule has 19 heavy (non-hydrogen) atoms. The molecule has 1 fully saturated rings. The summed E-state index contributed by atoms with van der Waals surface area (Å²) in [6, 6.07) is 3.32. The Bertz CT molecular complexity index is 477. The molecule has 1 aliphatic rings. The van der Waals surface area contributed by atoms with E-state index in [1.807, 2.05) is 0 Å². The molecule has 4 heteroatoms. The van der Waals surface area contributed by atoms with Gasteiger partial charge in [0.25, 0.3) is 0 Å². The third-order valence-corrected chi connectivity index (χ3v) is 4.02. The molecular formula is C15H18F2O2. The van der Waals surface area contributed by atoms with Gasteiger partial charge < -0.3 is 5.11 Å². The summed E-state index contributed by atoms with van der Waals surface area (Å²) in [5.41, 5.74) is 0.456. The van der Waals surface area contributed by atoms with Crippen LogP contribution in [0.4, 0.5) is 8.78 Å². The normalized spacial score (nSPS) is 26.1. The van der Waals surface area contributed by atoms with Gasteiger partial charge in [-0.1, -0.05) is 13.8 Å². The summed E-state index contributed by atoms with van der Waals surface area (Å²) >= 11 is 0. The quantitative estimate of drug-likeness (QED) is 0.881. The second-order valence-corrected chi connectivity index (χ2v) is 6.16. The molecule has 0 aliphatic heterocycles. The highest BCUT2D eigenvalue weighted by molar-refractivity contribution is 5.71. The van der Waals surface area contributed by atoms with E-state index in [2.05, 4.69) is 13.8 Å². The fraction of sp³-hybridized carbons (Fsp3) is 0.533. The molecule has 0 radical (unpaired) electrons. The zero-order chi connectivity index (χ0) is 14.2. The first-order valence-electron chi connectivity index (χ1n) is 6.47. The predicted molar refractivity (Wildman–Crippen MR) is 67.9 cm³/mol. The van der Waals surface area contributed by atoms with Crippen LogP contribution in [0.2, 0.25) is 0 Å². The van der Waals surface area contributed by atoms with E-state index in [9.17, 15) is 18.7 Å². The van der Waals surface area contributed by atoms with E-state index in [1.54, 1.807) is 0 Å². The van der Waals surface area contributed by atoms with E-state index in [-0.39, 0.29) is 11.3 Å². The number of halogens is 2. The molecule has 0 aromatic heterocycles. The molecule has 0 amide bonds. The lowest BCUT2D eigenvalue weighted by Crippen LogP contribution is -2.33. The lowest BCUT2D eigenvalue weighted by molar-refractivity contribution is -0.144. The second kappa shape index (κ2) is 4.91. The Labute approximate surface area is 111 Å². The molecule has 104 valence electrons. The zero-order valence-electron chi connectivity index (χ0n) is 11.1. The minimum absolute atomic E-state index is 0.000585. The summed E-state index contributed by atoms with van der Waals surface area (Å²) in [6.07, 6.45) is 2.00. The van der Waals surface area contributed by atoms with E-state index in [0.29, 0.717) is 18.4 Å². The Morgan fingerprint density at radius 3 is 2.37 bits per heavy atom. The highest BCUT2D eigenvalue weighted by Gasteiger charge is 2.39. The van der Waals surface area contributed by atoms with Crippen LogP contribution in [0.15, 0.2) is 18.2 Å². The summed E-state index contributed by atoms with van der Waals surface area (Å²) in [6.45, 7) is 4.13. The molecule has 2 atom stereocenters.